The number of pyridine rings is 2. The average molecular weight is 485 g/mol. The van der Waals surface area contributed by atoms with Gasteiger partial charge in [0.05, 0.1) is 57.7 Å². The topological polar surface area (TPSA) is 100 Å². The summed E-state index contributed by atoms with van der Waals surface area (Å²) in [5.41, 5.74) is 13.3. The van der Waals surface area contributed by atoms with Gasteiger partial charge in [-0.1, -0.05) is 24.6 Å². The van der Waals surface area contributed by atoms with E-state index in [-0.39, 0.29) is 0 Å². The molecule has 35 heavy (non-hydrogen) atoms. The number of nitriles is 1. The number of aryl methyl sites for hydroxylation is 1. The molecule has 0 saturated heterocycles. The molecular formula is C27H25ClN6O. The van der Waals surface area contributed by atoms with E-state index < -0.39 is 0 Å². The molecule has 8 heteroatoms. The van der Waals surface area contributed by atoms with Crippen molar-refractivity contribution in [2.45, 2.75) is 33.4 Å². The van der Waals surface area contributed by atoms with Gasteiger partial charge in [0.2, 0.25) is 0 Å². The second-order valence-corrected chi connectivity index (χ2v) is 8.78. The minimum atomic E-state index is 0.491. The Kier molecular flexibility index (Phi) is 6.06. The van der Waals surface area contributed by atoms with E-state index in [4.69, 9.17) is 27.1 Å². The van der Waals surface area contributed by atoms with E-state index in [0.717, 1.165) is 35.5 Å². The zero-order chi connectivity index (χ0) is 24.5. The number of anilines is 4. The van der Waals surface area contributed by atoms with Gasteiger partial charge in [-0.15, -0.1) is 0 Å². The van der Waals surface area contributed by atoms with Crippen LogP contribution < -0.4 is 20.7 Å². The number of nitrogens with one attached hydrogen (secondary N) is 1. The maximum Gasteiger partial charge on any atom is 0.144 e. The molecule has 0 radical (unpaired) electrons. The molecule has 0 atom stereocenters. The van der Waals surface area contributed by atoms with Crippen LogP contribution in [0, 0.1) is 11.3 Å². The molecule has 0 unspecified atom stereocenters. The molecule has 7 nitrogen and oxygen atoms in total. The first-order chi connectivity index (χ1) is 17.0. The Balaban J connectivity index is 1.53. The summed E-state index contributed by atoms with van der Waals surface area (Å²) < 4.78 is 5.66. The van der Waals surface area contributed by atoms with E-state index in [1.807, 2.05) is 50.4 Å². The monoisotopic (exact) mass is 484 g/mol. The fraction of sp³-hybridized carbons (Fsp3) is 0.222. The van der Waals surface area contributed by atoms with Crippen molar-refractivity contribution in [2.75, 3.05) is 22.6 Å². The van der Waals surface area contributed by atoms with Gasteiger partial charge >= 0.3 is 0 Å². The third kappa shape index (κ3) is 4.17. The molecule has 1 aliphatic heterocycles. The van der Waals surface area contributed by atoms with Crippen molar-refractivity contribution in [1.82, 2.24) is 9.97 Å². The molecule has 5 rings (SSSR count). The van der Waals surface area contributed by atoms with Crippen molar-refractivity contribution in [2.24, 2.45) is 0 Å². The number of hydrogen-bond donors (Lipinski definition) is 2. The lowest BCUT2D eigenvalue weighted by Gasteiger charge is -2.20. The number of hydrogen-bond acceptors (Lipinski definition) is 7. The summed E-state index contributed by atoms with van der Waals surface area (Å²) in [6.45, 7) is 5.88. The Hall–Kier alpha value is -4.02. The second-order valence-electron chi connectivity index (χ2n) is 8.37. The molecule has 1 aliphatic rings. The number of nitrogens with zero attached hydrogens (tertiary/aromatic N) is 4. The molecule has 0 saturated carbocycles. The van der Waals surface area contributed by atoms with Crippen molar-refractivity contribution < 1.29 is 4.74 Å². The van der Waals surface area contributed by atoms with Gasteiger partial charge in [-0.05, 0) is 49.2 Å². The summed E-state index contributed by atoms with van der Waals surface area (Å²) in [5.74, 6) is 0.582. The summed E-state index contributed by atoms with van der Waals surface area (Å²) in [6.07, 6.45) is 2.43. The maximum absolute atomic E-state index is 9.98. The third-order valence-corrected chi connectivity index (χ3v) is 6.48. The zero-order valence-corrected chi connectivity index (χ0v) is 20.4. The van der Waals surface area contributed by atoms with Crippen LogP contribution >= 0.6 is 11.6 Å². The van der Waals surface area contributed by atoms with Gasteiger partial charge in [0.25, 0.3) is 0 Å². The maximum atomic E-state index is 9.98. The SMILES string of the molecule is CCOc1cc2nc(CC)c(C#N)c(Nc3ccc(N4Cc5cccnc5C4)c(Cl)c3)c2cc1N. The predicted molar refractivity (Wildman–Crippen MR) is 140 cm³/mol. The van der Waals surface area contributed by atoms with E-state index in [9.17, 15) is 5.26 Å². The standard InChI is InChI=1S/C27H25ClN6O/c1-3-22-19(13-29)27(18-11-21(30)26(35-4-2)12-23(18)33-22)32-17-7-8-25(20(28)10-17)34-14-16-6-5-9-31-24(16)15-34/h5-12H,3-4,14-15,30H2,1-2H3,(H,32,33). The molecular weight excluding hydrogens is 460 g/mol. The second kappa shape index (κ2) is 9.32. The lowest BCUT2D eigenvalue weighted by atomic mass is 10.0. The summed E-state index contributed by atoms with van der Waals surface area (Å²) in [5, 5.41) is 14.8. The smallest absolute Gasteiger partial charge is 0.144 e. The fourth-order valence-electron chi connectivity index (χ4n) is 4.50. The number of nitrogen functional groups attached to an aromatic ring is 1. The first kappa shape index (κ1) is 22.8. The zero-order valence-electron chi connectivity index (χ0n) is 19.6. The summed E-state index contributed by atoms with van der Waals surface area (Å²) >= 11 is 6.73. The van der Waals surface area contributed by atoms with Gasteiger partial charge < -0.3 is 20.7 Å². The molecule has 0 amide bonds. The van der Waals surface area contributed by atoms with Crippen molar-refractivity contribution in [3.8, 4) is 11.8 Å². The Morgan fingerprint density at radius 1 is 1.20 bits per heavy atom. The molecule has 2 aromatic heterocycles. The molecule has 3 heterocycles. The summed E-state index contributed by atoms with van der Waals surface area (Å²) in [7, 11) is 0. The van der Waals surface area contributed by atoms with Crippen LogP contribution in [0.25, 0.3) is 10.9 Å². The average Bonchev–Trinajstić information content (AvgIpc) is 3.29. The van der Waals surface area contributed by atoms with E-state index >= 15 is 0 Å². The van der Waals surface area contributed by atoms with Crippen LogP contribution in [-0.2, 0) is 19.5 Å². The van der Waals surface area contributed by atoms with Crippen molar-refractivity contribution in [1.29, 1.82) is 5.26 Å². The minimum absolute atomic E-state index is 0.491. The first-order valence-corrected chi connectivity index (χ1v) is 11.9. The van der Waals surface area contributed by atoms with Crippen LogP contribution in [-0.4, -0.2) is 16.6 Å². The van der Waals surface area contributed by atoms with E-state index in [0.29, 0.717) is 51.9 Å². The Bertz CT molecular complexity index is 1450. The lowest BCUT2D eigenvalue weighted by molar-refractivity contribution is 0.342. The van der Waals surface area contributed by atoms with Crippen LogP contribution in [0.5, 0.6) is 5.75 Å². The van der Waals surface area contributed by atoms with Crippen LogP contribution in [0.2, 0.25) is 5.02 Å². The minimum Gasteiger partial charge on any atom is -0.492 e. The van der Waals surface area contributed by atoms with E-state index in [1.54, 1.807) is 6.07 Å². The van der Waals surface area contributed by atoms with E-state index in [2.05, 4.69) is 27.3 Å². The highest BCUT2D eigenvalue weighted by atomic mass is 35.5. The lowest BCUT2D eigenvalue weighted by Crippen LogP contribution is -2.15. The molecule has 4 aromatic rings. The van der Waals surface area contributed by atoms with Gasteiger partial charge in [-0.25, -0.2) is 0 Å². The number of aromatic nitrogens is 2. The van der Waals surface area contributed by atoms with Gasteiger partial charge in [-0.2, -0.15) is 5.26 Å². The van der Waals surface area contributed by atoms with Crippen LogP contribution in [0.3, 0.4) is 0 Å². The fourth-order valence-corrected chi connectivity index (χ4v) is 4.80. The highest BCUT2D eigenvalue weighted by molar-refractivity contribution is 6.33. The quantitative estimate of drug-likeness (QED) is 0.325. The molecule has 2 aromatic carbocycles. The number of ether oxygens (including phenoxy) is 1. The number of nitrogens with two attached hydrogens (primary N) is 1. The highest BCUT2D eigenvalue weighted by Crippen LogP contribution is 2.38. The number of benzene rings is 2. The molecule has 176 valence electrons. The van der Waals surface area contributed by atoms with Crippen molar-refractivity contribution >= 4 is 45.3 Å². The highest BCUT2D eigenvalue weighted by Gasteiger charge is 2.22. The van der Waals surface area contributed by atoms with Gasteiger partial charge in [-0.3, -0.25) is 9.97 Å². The summed E-state index contributed by atoms with van der Waals surface area (Å²) in [6, 6.07) is 15.8. The Morgan fingerprint density at radius 2 is 2.06 bits per heavy atom. The van der Waals surface area contributed by atoms with Crippen molar-refractivity contribution in [3.63, 3.8) is 0 Å². The number of rotatable bonds is 6. The van der Waals surface area contributed by atoms with Crippen LogP contribution in [0.1, 0.15) is 36.4 Å². The normalized spacial score (nSPS) is 12.5. The molecule has 0 aliphatic carbocycles. The molecule has 0 bridgehead atoms. The van der Waals surface area contributed by atoms with Crippen molar-refractivity contribution in [3.05, 3.63) is 76.2 Å². The Labute approximate surface area is 209 Å². The number of halogens is 1. The molecule has 3 N–H and O–H groups in total. The molecule has 0 spiro atoms. The predicted octanol–water partition coefficient (Wildman–Crippen LogP) is 5.96. The van der Waals surface area contributed by atoms with E-state index in [1.165, 1.54) is 5.56 Å². The van der Waals surface area contributed by atoms with Crippen LogP contribution in [0.15, 0.2) is 48.7 Å². The van der Waals surface area contributed by atoms with Gasteiger partial charge in [0.1, 0.15) is 11.8 Å². The number of fused-ring (bicyclic) bond motifs is 2. The summed E-state index contributed by atoms with van der Waals surface area (Å²) in [4.78, 5) is 11.4. The first-order valence-electron chi connectivity index (χ1n) is 11.6. The Morgan fingerprint density at radius 3 is 2.77 bits per heavy atom. The third-order valence-electron chi connectivity index (χ3n) is 6.18. The largest absolute Gasteiger partial charge is 0.492 e. The molecule has 0 fully saturated rings. The van der Waals surface area contributed by atoms with Gasteiger partial charge in [0, 0.05) is 29.9 Å². The van der Waals surface area contributed by atoms with Gasteiger partial charge in [0.15, 0.2) is 0 Å². The van der Waals surface area contributed by atoms with Crippen LogP contribution in [0.4, 0.5) is 22.7 Å².